The molecular formula is C14H18O. The fourth-order valence-corrected chi connectivity index (χ4v) is 1.52. The van der Waals surface area contributed by atoms with Crippen molar-refractivity contribution in [2.75, 3.05) is 0 Å². The van der Waals surface area contributed by atoms with Gasteiger partial charge in [-0.1, -0.05) is 56.2 Å². The van der Waals surface area contributed by atoms with Gasteiger partial charge in [0.15, 0.2) is 0 Å². The summed E-state index contributed by atoms with van der Waals surface area (Å²) in [5.74, 6) is 0. The summed E-state index contributed by atoms with van der Waals surface area (Å²) in [6.07, 6.45) is 7.60. The van der Waals surface area contributed by atoms with Crippen molar-refractivity contribution in [1.82, 2.24) is 0 Å². The predicted molar refractivity (Wildman–Crippen MR) is 64.6 cm³/mol. The first-order valence-corrected chi connectivity index (χ1v) is 5.59. The second kappa shape index (κ2) is 6.99. The van der Waals surface area contributed by atoms with Crippen LogP contribution in [0.1, 0.15) is 38.2 Å². The van der Waals surface area contributed by atoms with Crippen LogP contribution in [-0.4, -0.2) is 6.29 Å². The van der Waals surface area contributed by atoms with E-state index in [1.165, 1.54) is 19.3 Å². The minimum absolute atomic E-state index is 0.812. The topological polar surface area (TPSA) is 17.1 Å². The molecule has 0 bridgehead atoms. The summed E-state index contributed by atoms with van der Waals surface area (Å²) in [5, 5.41) is 0. The quantitative estimate of drug-likeness (QED) is 0.389. The van der Waals surface area contributed by atoms with Gasteiger partial charge in [0, 0.05) is 5.57 Å². The van der Waals surface area contributed by atoms with E-state index < -0.39 is 0 Å². The Morgan fingerprint density at radius 3 is 2.53 bits per heavy atom. The van der Waals surface area contributed by atoms with Crippen molar-refractivity contribution >= 4 is 11.9 Å². The summed E-state index contributed by atoms with van der Waals surface area (Å²) in [6, 6.07) is 9.82. The number of aldehydes is 1. The number of rotatable bonds is 6. The second-order valence-electron chi connectivity index (χ2n) is 3.64. The van der Waals surface area contributed by atoms with E-state index in [1.807, 2.05) is 36.4 Å². The molecule has 0 saturated heterocycles. The number of benzene rings is 1. The van der Waals surface area contributed by atoms with Crippen LogP contribution in [0.4, 0.5) is 0 Å². The highest BCUT2D eigenvalue weighted by Gasteiger charge is 1.97. The van der Waals surface area contributed by atoms with Gasteiger partial charge in [0.25, 0.3) is 0 Å². The summed E-state index contributed by atoms with van der Waals surface area (Å²) in [7, 11) is 0. The zero-order valence-electron chi connectivity index (χ0n) is 9.28. The van der Waals surface area contributed by atoms with Crippen molar-refractivity contribution in [2.45, 2.75) is 32.6 Å². The van der Waals surface area contributed by atoms with Crippen LogP contribution in [0.5, 0.6) is 0 Å². The van der Waals surface area contributed by atoms with Crippen molar-refractivity contribution in [3.63, 3.8) is 0 Å². The van der Waals surface area contributed by atoms with E-state index in [0.717, 1.165) is 23.8 Å². The van der Waals surface area contributed by atoms with Crippen molar-refractivity contribution in [2.24, 2.45) is 0 Å². The normalized spacial score (nSPS) is 11.4. The number of carbonyl (C=O) groups is 1. The molecule has 1 heteroatoms. The Morgan fingerprint density at radius 2 is 1.93 bits per heavy atom. The van der Waals surface area contributed by atoms with E-state index in [0.29, 0.717) is 0 Å². The van der Waals surface area contributed by atoms with E-state index in [1.54, 1.807) is 0 Å². The van der Waals surface area contributed by atoms with Crippen LogP contribution < -0.4 is 0 Å². The Bertz CT molecular complexity index is 311. The van der Waals surface area contributed by atoms with E-state index in [4.69, 9.17) is 0 Å². The Kier molecular flexibility index (Phi) is 5.46. The molecule has 0 saturated carbocycles. The van der Waals surface area contributed by atoms with E-state index in [2.05, 4.69) is 6.92 Å². The molecule has 80 valence electrons. The van der Waals surface area contributed by atoms with Crippen LogP contribution in [0.15, 0.2) is 36.4 Å². The third-order valence-corrected chi connectivity index (χ3v) is 2.41. The van der Waals surface area contributed by atoms with E-state index in [9.17, 15) is 4.79 Å². The molecule has 0 unspecified atom stereocenters. The third kappa shape index (κ3) is 4.11. The minimum atomic E-state index is 0.812. The fraction of sp³-hybridized carbons (Fsp3) is 0.357. The highest BCUT2D eigenvalue weighted by atomic mass is 16.1. The maximum Gasteiger partial charge on any atom is 0.150 e. The first-order valence-electron chi connectivity index (χ1n) is 5.59. The lowest BCUT2D eigenvalue weighted by molar-refractivity contribution is -0.103. The predicted octanol–water partition coefficient (Wildman–Crippen LogP) is 3.85. The van der Waals surface area contributed by atoms with Gasteiger partial charge in [-0.25, -0.2) is 0 Å². The van der Waals surface area contributed by atoms with Crippen LogP contribution >= 0.6 is 0 Å². The van der Waals surface area contributed by atoms with Crippen LogP contribution in [0, 0.1) is 0 Å². The van der Waals surface area contributed by atoms with Crippen LogP contribution in [0.2, 0.25) is 0 Å². The summed E-state index contributed by atoms with van der Waals surface area (Å²) in [6.45, 7) is 2.18. The minimum Gasteiger partial charge on any atom is -0.298 e. The summed E-state index contributed by atoms with van der Waals surface area (Å²) >= 11 is 0. The van der Waals surface area contributed by atoms with E-state index >= 15 is 0 Å². The standard InChI is InChI=1S/C14H18O/c1-2-3-4-6-11-14(12-15)13-9-7-5-8-10-13/h5,7-12H,2-4,6H2,1H3. The van der Waals surface area contributed by atoms with Gasteiger partial charge in [0.1, 0.15) is 6.29 Å². The van der Waals surface area contributed by atoms with E-state index in [-0.39, 0.29) is 0 Å². The lowest BCUT2D eigenvalue weighted by Crippen LogP contribution is -1.85. The number of hydrogen-bond donors (Lipinski definition) is 0. The first kappa shape index (κ1) is 11.7. The Hall–Kier alpha value is -1.37. The highest BCUT2D eigenvalue weighted by molar-refractivity contribution is 6.06. The average Bonchev–Trinajstić information content (AvgIpc) is 2.30. The second-order valence-corrected chi connectivity index (χ2v) is 3.64. The molecule has 1 rings (SSSR count). The van der Waals surface area contributed by atoms with Gasteiger partial charge in [0.2, 0.25) is 0 Å². The molecule has 0 radical (unpaired) electrons. The molecule has 0 aliphatic rings. The van der Waals surface area contributed by atoms with Gasteiger partial charge in [0.05, 0.1) is 0 Å². The van der Waals surface area contributed by atoms with Gasteiger partial charge >= 0.3 is 0 Å². The zero-order valence-corrected chi connectivity index (χ0v) is 9.28. The number of allylic oxidation sites excluding steroid dienone is 2. The lowest BCUT2D eigenvalue weighted by atomic mass is 10.0. The molecule has 1 aromatic carbocycles. The summed E-state index contributed by atoms with van der Waals surface area (Å²) < 4.78 is 0. The van der Waals surface area contributed by atoms with Crippen LogP contribution in [-0.2, 0) is 4.79 Å². The molecule has 1 aromatic rings. The number of hydrogen-bond acceptors (Lipinski definition) is 1. The average molecular weight is 202 g/mol. The molecule has 0 N–H and O–H groups in total. The number of carbonyl (C=O) groups excluding carboxylic acids is 1. The maximum atomic E-state index is 10.9. The fourth-order valence-electron chi connectivity index (χ4n) is 1.52. The molecule has 0 aliphatic carbocycles. The summed E-state index contributed by atoms with van der Waals surface area (Å²) in [5.41, 5.74) is 1.83. The molecule has 0 aliphatic heterocycles. The Balaban J connectivity index is 2.59. The largest absolute Gasteiger partial charge is 0.298 e. The van der Waals surface area contributed by atoms with Gasteiger partial charge in [-0.15, -0.1) is 0 Å². The maximum absolute atomic E-state index is 10.9. The smallest absolute Gasteiger partial charge is 0.150 e. The van der Waals surface area contributed by atoms with Crippen molar-refractivity contribution in [1.29, 1.82) is 0 Å². The van der Waals surface area contributed by atoms with Crippen molar-refractivity contribution in [3.05, 3.63) is 42.0 Å². The zero-order chi connectivity index (χ0) is 10.9. The molecule has 0 aromatic heterocycles. The Morgan fingerprint density at radius 1 is 1.20 bits per heavy atom. The molecule has 0 spiro atoms. The SMILES string of the molecule is CCCCCC=C(C=O)c1ccccc1. The monoisotopic (exact) mass is 202 g/mol. The van der Waals surface area contributed by atoms with Gasteiger partial charge in [-0.2, -0.15) is 0 Å². The molecule has 15 heavy (non-hydrogen) atoms. The first-order chi connectivity index (χ1) is 7.38. The van der Waals surface area contributed by atoms with Gasteiger partial charge in [-0.3, -0.25) is 4.79 Å². The molecule has 0 atom stereocenters. The van der Waals surface area contributed by atoms with Crippen LogP contribution in [0.25, 0.3) is 5.57 Å². The van der Waals surface area contributed by atoms with Gasteiger partial charge < -0.3 is 0 Å². The van der Waals surface area contributed by atoms with Crippen molar-refractivity contribution in [3.8, 4) is 0 Å². The third-order valence-electron chi connectivity index (χ3n) is 2.41. The molecule has 1 nitrogen and oxygen atoms in total. The highest BCUT2D eigenvalue weighted by Crippen LogP contribution is 2.13. The van der Waals surface area contributed by atoms with Crippen molar-refractivity contribution < 1.29 is 4.79 Å². The van der Waals surface area contributed by atoms with Crippen LogP contribution in [0.3, 0.4) is 0 Å². The molecular weight excluding hydrogens is 184 g/mol. The molecule has 0 heterocycles. The Labute approximate surface area is 91.8 Å². The molecule has 0 amide bonds. The number of unbranched alkanes of at least 4 members (excludes halogenated alkanes) is 3. The lowest BCUT2D eigenvalue weighted by Gasteiger charge is -1.99. The van der Waals surface area contributed by atoms with Gasteiger partial charge in [-0.05, 0) is 18.4 Å². The molecule has 0 fully saturated rings. The summed E-state index contributed by atoms with van der Waals surface area (Å²) in [4.78, 5) is 10.9.